The molecule has 7 heteroatoms. The number of nitrogens with zero attached hydrogens (tertiary/aromatic N) is 1. The van der Waals surface area contributed by atoms with Gasteiger partial charge in [-0.2, -0.15) is 0 Å². The smallest absolute Gasteiger partial charge is 0.231 e. The number of aliphatic hydroxyl groups excluding tert-OH is 1. The molecular formula is C22H25FN4O2. The third-order valence-electron chi connectivity index (χ3n) is 4.81. The minimum Gasteiger partial charge on any atom is -0.396 e. The second-order valence-corrected chi connectivity index (χ2v) is 7.27. The van der Waals surface area contributed by atoms with Crippen LogP contribution in [0.1, 0.15) is 31.5 Å². The Labute approximate surface area is 169 Å². The molecule has 0 saturated carbocycles. The number of hydrogen-bond donors (Lipinski definition) is 4. The highest BCUT2D eigenvalue weighted by Gasteiger charge is 2.28. The van der Waals surface area contributed by atoms with Crippen molar-refractivity contribution < 1.29 is 14.0 Å². The number of aromatic nitrogens is 1. The first-order chi connectivity index (χ1) is 13.9. The van der Waals surface area contributed by atoms with E-state index in [1.165, 1.54) is 6.07 Å². The molecule has 0 aliphatic heterocycles. The minimum absolute atomic E-state index is 0.0530. The van der Waals surface area contributed by atoms with Crippen molar-refractivity contribution in [2.75, 3.05) is 18.5 Å². The molecule has 2 aromatic carbocycles. The molecule has 0 radical (unpaired) electrons. The van der Waals surface area contributed by atoms with E-state index in [0.29, 0.717) is 30.1 Å². The first-order valence-corrected chi connectivity index (χ1v) is 9.45. The van der Waals surface area contributed by atoms with Gasteiger partial charge < -0.3 is 14.9 Å². The van der Waals surface area contributed by atoms with E-state index in [4.69, 9.17) is 15.0 Å². The normalized spacial score (nSPS) is 11.3. The number of guanidine groups is 1. The fourth-order valence-electron chi connectivity index (χ4n) is 2.99. The zero-order valence-corrected chi connectivity index (χ0v) is 16.5. The van der Waals surface area contributed by atoms with Gasteiger partial charge in [0.15, 0.2) is 5.96 Å². The second-order valence-electron chi connectivity index (χ2n) is 7.27. The number of nitrogens with one attached hydrogen (secondary N) is 3. The number of anilines is 1. The maximum Gasteiger partial charge on any atom is 0.231 e. The van der Waals surface area contributed by atoms with Gasteiger partial charge in [0.05, 0.1) is 5.69 Å². The lowest BCUT2D eigenvalue weighted by atomic mass is 9.81. The standard InChI is InChI=1S/C22H25FN4O2/c1-22(2,19-14-20(29-27-19)26-21(24)25-11-6-12-28)16-9-10-17(18(23)13-16)15-7-4-3-5-8-15/h3-5,7-10,13-14,28H,6,11-12H2,1-2H3,(H3,24,25,26). The van der Waals surface area contributed by atoms with Crippen LogP contribution in [0.2, 0.25) is 0 Å². The average Bonchev–Trinajstić information content (AvgIpc) is 3.18. The van der Waals surface area contributed by atoms with E-state index in [1.807, 2.05) is 50.2 Å². The second kappa shape index (κ2) is 8.87. The molecule has 0 atom stereocenters. The van der Waals surface area contributed by atoms with Gasteiger partial charge in [0.1, 0.15) is 5.82 Å². The molecule has 0 aliphatic rings. The Balaban J connectivity index is 1.76. The molecule has 0 spiro atoms. The van der Waals surface area contributed by atoms with Gasteiger partial charge in [0.25, 0.3) is 0 Å². The fraction of sp³-hybridized carbons (Fsp3) is 0.273. The van der Waals surface area contributed by atoms with Crippen LogP contribution in [0.5, 0.6) is 0 Å². The Morgan fingerprint density at radius 2 is 1.93 bits per heavy atom. The molecule has 3 rings (SSSR count). The third kappa shape index (κ3) is 4.81. The maximum atomic E-state index is 14.8. The van der Waals surface area contributed by atoms with E-state index in [-0.39, 0.29) is 18.4 Å². The number of rotatable bonds is 7. The van der Waals surface area contributed by atoms with Gasteiger partial charge in [0, 0.05) is 30.2 Å². The molecular weight excluding hydrogens is 371 g/mol. The summed E-state index contributed by atoms with van der Waals surface area (Å²) in [4.78, 5) is 0. The van der Waals surface area contributed by atoms with Gasteiger partial charge in [-0.3, -0.25) is 10.7 Å². The predicted octanol–water partition coefficient (Wildman–Crippen LogP) is 4.13. The van der Waals surface area contributed by atoms with Crippen molar-refractivity contribution >= 4 is 11.8 Å². The van der Waals surface area contributed by atoms with Gasteiger partial charge in [-0.1, -0.05) is 61.5 Å². The van der Waals surface area contributed by atoms with E-state index in [9.17, 15) is 4.39 Å². The van der Waals surface area contributed by atoms with Crippen molar-refractivity contribution in [1.29, 1.82) is 5.41 Å². The van der Waals surface area contributed by atoms with Crippen molar-refractivity contribution in [3.05, 3.63) is 71.7 Å². The highest BCUT2D eigenvalue weighted by atomic mass is 19.1. The molecule has 0 unspecified atom stereocenters. The molecule has 0 aliphatic carbocycles. The van der Waals surface area contributed by atoms with Crippen LogP contribution in [0.15, 0.2) is 59.1 Å². The summed E-state index contributed by atoms with van der Waals surface area (Å²) < 4.78 is 20.1. The van der Waals surface area contributed by atoms with Gasteiger partial charge in [-0.25, -0.2) is 4.39 Å². The molecule has 6 nitrogen and oxygen atoms in total. The number of halogens is 1. The zero-order chi connectivity index (χ0) is 20.9. The van der Waals surface area contributed by atoms with Gasteiger partial charge in [0.2, 0.25) is 5.88 Å². The summed E-state index contributed by atoms with van der Waals surface area (Å²) in [5.41, 5.74) is 2.18. The van der Waals surface area contributed by atoms with Crippen LogP contribution >= 0.6 is 0 Å². The quantitative estimate of drug-likeness (QED) is 0.274. The molecule has 0 amide bonds. The molecule has 152 valence electrons. The van der Waals surface area contributed by atoms with Gasteiger partial charge in [-0.05, 0) is 23.6 Å². The van der Waals surface area contributed by atoms with Crippen LogP contribution in [0.25, 0.3) is 11.1 Å². The van der Waals surface area contributed by atoms with Crippen LogP contribution in [-0.4, -0.2) is 29.4 Å². The molecule has 4 N–H and O–H groups in total. The molecule has 0 bridgehead atoms. The maximum absolute atomic E-state index is 14.8. The monoisotopic (exact) mass is 396 g/mol. The van der Waals surface area contributed by atoms with E-state index in [0.717, 1.165) is 11.1 Å². The third-order valence-corrected chi connectivity index (χ3v) is 4.81. The molecule has 1 heterocycles. The summed E-state index contributed by atoms with van der Waals surface area (Å²) >= 11 is 0. The Bertz CT molecular complexity index is 970. The number of aliphatic hydroxyl groups is 1. The van der Waals surface area contributed by atoms with Crippen LogP contribution < -0.4 is 10.6 Å². The lowest BCUT2D eigenvalue weighted by Crippen LogP contribution is -2.30. The van der Waals surface area contributed by atoms with Crippen LogP contribution in [0, 0.1) is 11.2 Å². The summed E-state index contributed by atoms with van der Waals surface area (Å²) in [5.74, 6) is 0.0756. The van der Waals surface area contributed by atoms with E-state index >= 15 is 0 Å². The minimum atomic E-state index is -0.591. The van der Waals surface area contributed by atoms with Crippen molar-refractivity contribution in [3.8, 4) is 11.1 Å². The van der Waals surface area contributed by atoms with Crippen molar-refractivity contribution in [2.45, 2.75) is 25.7 Å². The summed E-state index contributed by atoms with van der Waals surface area (Å²) in [6.45, 7) is 4.41. The van der Waals surface area contributed by atoms with E-state index in [1.54, 1.807) is 12.1 Å². The molecule has 0 fully saturated rings. The van der Waals surface area contributed by atoms with Crippen LogP contribution in [0.3, 0.4) is 0 Å². The van der Waals surface area contributed by atoms with Crippen molar-refractivity contribution in [3.63, 3.8) is 0 Å². The van der Waals surface area contributed by atoms with Crippen LogP contribution in [-0.2, 0) is 5.41 Å². The Hall–Kier alpha value is -3.19. The average molecular weight is 396 g/mol. The first-order valence-electron chi connectivity index (χ1n) is 9.45. The molecule has 0 saturated heterocycles. The van der Waals surface area contributed by atoms with E-state index < -0.39 is 5.41 Å². The Morgan fingerprint density at radius 1 is 1.17 bits per heavy atom. The largest absolute Gasteiger partial charge is 0.396 e. The predicted molar refractivity (Wildman–Crippen MR) is 112 cm³/mol. The lowest BCUT2D eigenvalue weighted by molar-refractivity contribution is 0.289. The Kier molecular flexibility index (Phi) is 6.29. The highest BCUT2D eigenvalue weighted by Crippen LogP contribution is 2.34. The summed E-state index contributed by atoms with van der Waals surface area (Å²) in [6, 6.07) is 16.3. The molecule has 3 aromatic rings. The summed E-state index contributed by atoms with van der Waals surface area (Å²) in [7, 11) is 0. The van der Waals surface area contributed by atoms with Gasteiger partial charge >= 0.3 is 0 Å². The molecule has 29 heavy (non-hydrogen) atoms. The lowest BCUT2D eigenvalue weighted by Gasteiger charge is -2.23. The van der Waals surface area contributed by atoms with Crippen LogP contribution in [0.4, 0.5) is 10.3 Å². The Morgan fingerprint density at radius 3 is 2.62 bits per heavy atom. The zero-order valence-electron chi connectivity index (χ0n) is 16.5. The van der Waals surface area contributed by atoms with Crippen molar-refractivity contribution in [2.24, 2.45) is 0 Å². The number of benzene rings is 2. The fourth-order valence-corrected chi connectivity index (χ4v) is 2.99. The molecule has 1 aromatic heterocycles. The highest BCUT2D eigenvalue weighted by molar-refractivity contribution is 5.89. The summed E-state index contributed by atoms with van der Waals surface area (Å²) in [6.07, 6.45) is 0.545. The first kappa shape index (κ1) is 20.5. The topological polar surface area (TPSA) is 94.2 Å². The van der Waals surface area contributed by atoms with E-state index in [2.05, 4.69) is 15.8 Å². The number of hydrogen-bond acceptors (Lipinski definition) is 4. The van der Waals surface area contributed by atoms with Gasteiger partial charge in [-0.15, -0.1) is 0 Å². The summed E-state index contributed by atoms with van der Waals surface area (Å²) in [5, 5.41) is 26.3. The van der Waals surface area contributed by atoms with Crippen molar-refractivity contribution in [1.82, 2.24) is 10.5 Å². The SMILES string of the molecule is CC(C)(c1ccc(-c2ccccc2)c(F)c1)c1cc(NC(=N)NCCCO)on1.